The van der Waals surface area contributed by atoms with Gasteiger partial charge in [0.15, 0.2) is 0 Å². The molecule has 4 atom stereocenters. The molecule has 4 amide bonds. The van der Waals surface area contributed by atoms with Gasteiger partial charge in [0.2, 0.25) is 11.8 Å². The second-order valence-corrected chi connectivity index (χ2v) is 22.7. The Hall–Kier alpha value is -7.39. The second kappa shape index (κ2) is 21.1. The molecule has 75 heavy (non-hydrogen) atoms. The predicted octanol–water partition coefficient (Wildman–Crippen LogP) is 12.2. The number of nitrogens with one attached hydrogen (secondary N) is 4. The van der Waals surface area contributed by atoms with Crippen LogP contribution in [-0.4, -0.2) is 83.7 Å². The standard InChI is InChI=1S/C60H64N8O6S/c1-36(2)51(65-58(71)73-41-15-7-5-8-16-41)56(69)67-31-13-19-49(67)54-61-35-48(64-54)39-23-21-38(22-24-39)44-27-26-43(45-34-60(75-53(44)45)29-11-12-30-60)40-25-28-46-47(33-40)63-55(62-46)50-20-14-32-68(50)57(70)52(37(3)4)66-59(72)74-42-17-9-6-10-18-42/h5-10,15-18,21-28,33,35-37,49-52H,11-14,19-20,29-32,34H2,1-4H3,(H,61,64)(H,62,63)(H,65,71)(H,66,72)/t49?,50-,51-,52-/m0/s1. The van der Waals surface area contributed by atoms with Crippen LogP contribution in [0.4, 0.5) is 9.59 Å². The zero-order valence-corrected chi connectivity index (χ0v) is 43.8. The van der Waals surface area contributed by atoms with Crippen LogP contribution in [0.5, 0.6) is 11.5 Å². The summed E-state index contributed by atoms with van der Waals surface area (Å²) in [6.07, 6.45) is 9.65. The highest BCUT2D eigenvalue weighted by Crippen LogP contribution is 2.58. The number of hydrogen-bond donors (Lipinski definition) is 4. The normalized spacial score (nSPS) is 18.7. The van der Waals surface area contributed by atoms with Crippen LogP contribution in [0, 0.1) is 11.8 Å². The number of rotatable bonds is 13. The van der Waals surface area contributed by atoms with E-state index in [9.17, 15) is 19.2 Å². The number of imidazole rings is 2. The second-order valence-electron chi connectivity index (χ2n) is 21.3. The summed E-state index contributed by atoms with van der Waals surface area (Å²) in [6, 6.07) is 35.5. The molecule has 386 valence electrons. The highest BCUT2D eigenvalue weighted by Gasteiger charge is 2.43. The fraction of sp³-hybridized carbons (Fsp3) is 0.367. The summed E-state index contributed by atoms with van der Waals surface area (Å²) < 4.78 is 11.2. The van der Waals surface area contributed by atoms with Crippen molar-refractivity contribution in [3.8, 4) is 45.0 Å². The Morgan fingerprint density at radius 3 is 1.77 bits per heavy atom. The molecule has 11 rings (SSSR count). The Morgan fingerprint density at radius 1 is 0.640 bits per heavy atom. The molecule has 3 aliphatic heterocycles. The molecular formula is C60H64N8O6S. The number of para-hydroxylation sites is 2. The van der Waals surface area contributed by atoms with Crippen molar-refractivity contribution in [3.05, 3.63) is 139 Å². The summed E-state index contributed by atoms with van der Waals surface area (Å²) >= 11 is 2.07. The molecule has 1 aliphatic carbocycles. The van der Waals surface area contributed by atoms with Crippen LogP contribution in [-0.2, 0) is 16.0 Å². The van der Waals surface area contributed by atoms with Crippen LogP contribution < -0.4 is 20.1 Å². The number of carbonyl (C=O) groups excluding carboxylic acids is 4. The molecule has 4 aliphatic rings. The summed E-state index contributed by atoms with van der Waals surface area (Å²) in [7, 11) is 0. The van der Waals surface area contributed by atoms with E-state index >= 15 is 0 Å². The molecule has 15 heteroatoms. The van der Waals surface area contributed by atoms with Gasteiger partial charge in [-0.1, -0.05) is 119 Å². The summed E-state index contributed by atoms with van der Waals surface area (Å²) in [5.74, 6) is 1.70. The molecule has 1 spiro atoms. The Kier molecular flexibility index (Phi) is 14.0. The summed E-state index contributed by atoms with van der Waals surface area (Å²) in [4.78, 5) is 76.2. The van der Waals surface area contributed by atoms with Crippen LogP contribution in [0.3, 0.4) is 0 Å². The Balaban J connectivity index is 0.805. The van der Waals surface area contributed by atoms with Gasteiger partial charge in [0.25, 0.3) is 0 Å². The minimum atomic E-state index is -0.755. The third-order valence-corrected chi connectivity index (χ3v) is 17.2. The summed E-state index contributed by atoms with van der Waals surface area (Å²) in [5.41, 5.74) is 9.80. The third kappa shape index (κ3) is 10.3. The first-order valence-corrected chi connectivity index (χ1v) is 27.4. The van der Waals surface area contributed by atoms with Crippen molar-refractivity contribution in [3.63, 3.8) is 0 Å². The number of nitrogens with zero attached hydrogens (tertiary/aromatic N) is 4. The number of carbonyl (C=O) groups is 4. The van der Waals surface area contributed by atoms with Crippen molar-refractivity contribution >= 4 is 46.8 Å². The number of benzene rings is 5. The lowest BCUT2D eigenvalue weighted by molar-refractivity contribution is -0.136. The van der Waals surface area contributed by atoms with E-state index in [0.717, 1.165) is 77.2 Å². The van der Waals surface area contributed by atoms with Crippen LogP contribution in [0.15, 0.2) is 126 Å². The van der Waals surface area contributed by atoms with Crippen molar-refractivity contribution in [1.82, 2.24) is 40.4 Å². The molecule has 7 aromatic rings. The van der Waals surface area contributed by atoms with Crippen LogP contribution in [0.2, 0.25) is 0 Å². The van der Waals surface area contributed by atoms with E-state index in [2.05, 4.69) is 87.0 Å². The van der Waals surface area contributed by atoms with E-state index < -0.39 is 24.3 Å². The van der Waals surface area contributed by atoms with Crippen molar-refractivity contribution in [2.45, 2.75) is 119 Å². The molecule has 1 saturated carbocycles. The van der Waals surface area contributed by atoms with Gasteiger partial charge in [-0.05, 0) is 127 Å². The molecule has 2 aromatic heterocycles. The van der Waals surface area contributed by atoms with E-state index in [0.29, 0.717) is 24.6 Å². The average molecular weight is 1030 g/mol. The van der Waals surface area contributed by atoms with Crippen molar-refractivity contribution in [2.75, 3.05) is 13.1 Å². The highest BCUT2D eigenvalue weighted by atomic mass is 32.2. The maximum Gasteiger partial charge on any atom is 0.413 e. The zero-order chi connectivity index (χ0) is 51.8. The molecule has 0 radical (unpaired) electrons. The zero-order valence-electron chi connectivity index (χ0n) is 42.9. The monoisotopic (exact) mass is 1020 g/mol. The number of thioether (sulfide) groups is 1. The van der Waals surface area contributed by atoms with Crippen molar-refractivity contribution < 1.29 is 28.7 Å². The minimum Gasteiger partial charge on any atom is -0.410 e. The van der Waals surface area contributed by atoms with Gasteiger partial charge in [0, 0.05) is 22.7 Å². The first-order chi connectivity index (χ1) is 36.4. The molecular weight excluding hydrogens is 961 g/mol. The molecule has 5 heterocycles. The Morgan fingerprint density at radius 2 is 1.19 bits per heavy atom. The maximum absolute atomic E-state index is 14.2. The number of H-pyrrole nitrogens is 2. The fourth-order valence-corrected chi connectivity index (χ4v) is 13.4. The third-order valence-electron chi connectivity index (χ3n) is 15.5. The molecule has 3 fully saturated rings. The smallest absolute Gasteiger partial charge is 0.410 e. The van der Waals surface area contributed by atoms with E-state index in [1.54, 1.807) is 48.5 Å². The largest absolute Gasteiger partial charge is 0.413 e. The highest BCUT2D eigenvalue weighted by molar-refractivity contribution is 8.01. The van der Waals surface area contributed by atoms with Crippen LogP contribution in [0.25, 0.3) is 44.5 Å². The van der Waals surface area contributed by atoms with Gasteiger partial charge in [-0.3, -0.25) is 9.59 Å². The van der Waals surface area contributed by atoms with Gasteiger partial charge in [0.05, 0.1) is 35.0 Å². The molecule has 5 aromatic carbocycles. The lowest BCUT2D eigenvalue weighted by Crippen LogP contribution is -2.51. The molecule has 4 N–H and O–H groups in total. The Labute approximate surface area is 441 Å². The van der Waals surface area contributed by atoms with E-state index in [4.69, 9.17) is 19.4 Å². The number of likely N-dealkylation sites (tertiary alicyclic amines) is 2. The van der Waals surface area contributed by atoms with Gasteiger partial charge in [0.1, 0.15) is 35.2 Å². The van der Waals surface area contributed by atoms with Gasteiger partial charge in [-0.15, -0.1) is 11.8 Å². The first-order valence-electron chi connectivity index (χ1n) is 26.6. The van der Waals surface area contributed by atoms with Crippen LogP contribution >= 0.6 is 11.8 Å². The fourth-order valence-electron chi connectivity index (χ4n) is 11.6. The average Bonchev–Trinajstić information content (AvgIpc) is 4.29. The SMILES string of the molecule is CC(C)[C@H](NC(=O)Oc1ccccc1)C(=O)N1CCCC1c1ncc(-c2ccc(-c3ccc(-c4ccc5nc([C@@H]6CCCN6C(=O)[C@@H](NC(=O)Oc6ccccc6)C(C)C)[nH]c5c4)c4c3SC3(CCCC3)C4)cc2)[nH]1. The minimum absolute atomic E-state index is 0.144. The van der Waals surface area contributed by atoms with Crippen LogP contribution in [0.1, 0.15) is 108 Å². The van der Waals surface area contributed by atoms with Gasteiger partial charge < -0.3 is 39.9 Å². The summed E-state index contributed by atoms with van der Waals surface area (Å²) in [6.45, 7) is 8.86. The van der Waals surface area contributed by atoms with Crippen molar-refractivity contribution in [1.29, 1.82) is 0 Å². The lowest BCUT2D eigenvalue weighted by Gasteiger charge is -2.30. The molecule has 14 nitrogen and oxygen atoms in total. The maximum atomic E-state index is 14.2. The number of ether oxygens (including phenoxy) is 2. The van der Waals surface area contributed by atoms with Gasteiger partial charge in [-0.25, -0.2) is 19.6 Å². The topological polar surface area (TPSA) is 175 Å². The van der Waals surface area contributed by atoms with Gasteiger partial charge in [-0.2, -0.15) is 0 Å². The van der Waals surface area contributed by atoms with Gasteiger partial charge >= 0.3 is 12.2 Å². The first kappa shape index (κ1) is 49.8. The number of amides is 4. The van der Waals surface area contributed by atoms with Crippen molar-refractivity contribution in [2.24, 2.45) is 11.8 Å². The molecule has 1 unspecified atom stereocenters. The number of aromatic amines is 2. The summed E-state index contributed by atoms with van der Waals surface area (Å²) in [5, 5.41) is 5.67. The van der Waals surface area contributed by atoms with E-state index in [1.807, 2.05) is 55.8 Å². The Bertz CT molecular complexity index is 3220. The quantitative estimate of drug-likeness (QED) is 0.0876. The van der Waals surface area contributed by atoms with E-state index in [-0.39, 0.29) is 40.5 Å². The number of hydrogen-bond acceptors (Lipinski definition) is 9. The molecule has 0 bridgehead atoms. The number of aromatic nitrogens is 4. The number of fused-ring (bicyclic) bond motifs is 2. The lowest BCUT2D eigenvalue weighted by atomic mass is 9.88. The predicted molar refractivity (Wildman–Crippen MR) is 291 cm³/mol. The van der Waals surface area contributed by atoms with E-state index in [1.165, 1.54) is 47.3 Å². The molecule has 2 saturated heterocycles.